The molecule has 2 heterocycles. The van der Waals surface area contributed by atoms with Gasteiger partial charge in [-0.3, -0.25) is 0 Å². The van der Waals surface area contributed by atoms with Gasteiger partial charge in [0.05, 0.1) is 6.04 Å². The quantitative estimate of drug-likeness (QED) is 0.872. The summed E-state index contributed by atoms with van der Waals surface area (Å²) in [5.74, 6) is 1.05. The van der Waals surface area contributed by atoms with Crippen molar-refractivity contribution >= 4 is 11.8 Å². The summed E-state index contributed by atoms with van der Waals surface area (Å²) in [5.41, 5.74) is 0.906. The number of nitrogens with zero attached hydrogens (tertiary/aromatic N) is 2. The first-order chi connectivity index (χ1) is 9.31. The normalized spacial score (nSPS) is 18.9. The molecule has 0 bridgehead atoms. The standard InChI is InChI=1S/C13H14FN3OS/c14-10-4-1-3-9(7-10)8-19-13-17-16-12(18-13)11-5-2-6-15-11/h1,3-4,7,11,15H,2,5-6,8H2/t11-/m1/s1. The van der Waals surface area contributed by atoms with Crippen LogP contribution in [0.3, 0.4) is 0 Å². The van der Waals surface area contributed by atoms with Crippen LogP contribution < -0.4 is 5.32 Å². The van der Waals surface area contributed by atoms with E-state index in [2.05, 4.69) is 15.5 Å². The second-order valence-corrected chi connectivity index (χ2v) is 5.40. The van der Waals surface area contributed by atoms with Crippen LogP contribution in [0.25, 0.3) is 0 Å². The van der Waals surface area contributed by atoms with E-state index in [9.17, 15) is 4.39 Å². The zero-order valence-corrected chi connectivity index (χ0v) is 11.1. The van der Waals surface area contributed by atoms with E-state index in [4.69, 9.17) is 4.42 Å². The zero-order valence-electron chi connectivity index (χ0n) is 10.3. The Kier molecular flexibility index (Phi) is 3.79. The number of thioether (sulfide) groups is 1. The molecule has 1 aromatic heterocycles. The molecule has 1 aromatic carbocycles. The predicted octanol–water partition coefficient (Wildman–Crippen LogP) is 2.93. The number of benzene rings is 1. The van der Waals surface area contributed by atoms with Crippen molar-refractivity contribution in [1.29, 1.82) is 0 Å². The lowest BCUT2D eigenvalue weighted by Crippen LogP contribution is -2.12. The Hall–Kier alpha value is -1.40. The van der Waals surface area contributed by atoms with Crippen molar-refractivity contribution in [1.82, 2.24) is 15.5 Å². The van der Waals surface area contributed by atoms with Crippen molar-refractivity contribution in [2.24, 2.45) is 0 Å². The molecule has 4 nitrogen and oxygen atoms in total. The minimum absolute atomic E-state index is 0.191. The molecule has 0 aliphatic carbocycles. The average molecular weight is 279 g/mol. The molecule has 0 spiro atoms. The van der Waals surface area contributed by atoms with Gasteiger partial charge in [-0.1, -0.05) is 23.9 Å². The van der Waals surface area contributed by atoms with Crippen molar-refractivity contribution < 1.29 is 8.81 Å². The Balaban J connectivity index is 1.61. The van der Waals surface area contributed by atoms with Crippen molar-refractivity contribution in [2.45, 2.75) is 29.9 Å². The Bertz CT molecular complexity index is 554. The zero-order chi connectivity index (χ0) is 13.1. The van der Waals surface area contributed by atoms with Crippen LogP contribution >= 0.6 is 11.8 Å². The van der Waals surface area contributed by atoms with Gasteiger partial charge in [0.1, 0.15) is 5.82 Å². The van der Waals surface area contributed by atoms with Gasteiger partial charge in [-0.25, -0.2) is 4.39 Å². The summed E-state index contributed by atoms with van der Waals surface area (Å²) in [6.45, 7) is 0.999. The molecule has 1 fully saturated rings. The molecule has 19 heavy (non-hydrogen) atoms. The minimum atomic E-state index is -0.223. The summed E-state index contributed by atoms with van der Waals surface area (Å²) in [7, 11) is 0. The van der Waals surface area contributed by atoms with Gasteiger partial charge in [0.15, 0.2) is 0 Å². The monoisotopic (exact) mass is 279 g/mol. The third kappa shape index (κ3) is 3.13. The van der Waals surface area contributed by atoms with E-state index < -0.39 is 0 Å². The summed E-state index contributed by atoms with van der Waals surface area (Å²) in [5, 5.41) is 11.9. The topological polar surface area (TPSA) is 51.0 Å². The first-order valence-corrected chi connectivity index (χ1v) is 7.24. The SMILES string of the molecule is Fc1cccc(CSc2nnc([C@H]3CCCN3)o2)c1. The molecule has 1 atom stereocenters. The summed E-state index contributed by atoms with van der Waals surface area (Å²) < 4.78 is 18.6. The van der Waals surface area contributed by atoms with Crippen molar-refractivity contribution in [3.63, 3.8) is 0 Å². The molecule has 1 aliphatic heterocycles. The Morgan fingerprint density at radius 3 is 3.16 bits per heavy atom. The molecular weight excluding hydrogens is 265 g/mol. The number of nitrogens with one attached hydrogen (secondary N) is 1. The third-order valence-corrected chi connectivity index (χ3v) is 3.92. The number of rotatable bonds is 4. The summed E-state index contributed by atoms with van der Waals surface area (Å²) in [4.78, 5) is 0. The number of aromatic nitrogens is 2. The van der Waals surface area contributed by atoms with E-state index in [-0.39, 0.29) is 11.9 Å². The van der Waals surface area contributed by atoms with Crippen molar-refractivity contribution in [3.05, 3.63) is 41.5 Å². The first kappa shape index (κ1) is 12.6. The molecule has 0 saturated carbocycles. The van der Waals surface area contributed by atoms with E-state index >= 15 is 0 Å². The van der Waals surface area contributed by atoms with Crippen LogP contribution in [0.1, 0.15) is 30.3 Å². The highest BCUT2D eigenvalue weighted by Gasteiger charge is 2.22. The molecule has 2 aromatic rings. The molecule has 3 rings (SSSR count). The van der Waals surface area contributed by atoms with Crippen LogP contribution in [0, 0.1) is 5.82 Å². The van der Waals surface area contributed by atoms with E-state index in [0.29, 0.717) is 16.9 Å². The maximum Gasteiger partial charge on any atom is 0.276 e. The van der Waals surface area contributed by atoms with Crippen LogP contribution in [0.5, 0.6) is 0 Å². The maximum atomic E-state index is 13.0. The molecule has 1 saturated heterocycles. The first-order valence-electron chi connectivity index (χ1n) is 6.25. The fourth-order valence-electron chi connectivity index (χ4n) is 2.09. The van der Waals surface area contributed by atoms with Gasteiger partial charge in [0, 0.05) is 5.75 Å². The largest absolute Gasteiger partial charge is 0.414 e. The molecule has 6 heteroatoms. The number of hydrogen-bond donors (Lipinski definition) is 1. The molecule has 1 N–H and O–H groups in total. The minimum Gasteiger partial charge on any atom is -0.414 e. The lowest BCUT2D eigenvalue weighted by molar-refractivity contribution is 0.374. The Labute approximate surface area is 114 Å². The number of hydrogen-bond acceptors (Lipinski definition) is 5. The van der Waals surface area contributed by atoms with Crippen LogP contribution in [0.15, 0.2) is 33.9 Å². The second-order valence-electron chi connectivity index (χ2n) is 4.47. The summed E-state index contributed by atoms with van der Waals surface area (Å²) in [6.07, 6.45) is 2.18. The van der Waals surface area contributed by atoms with Crippen LogP contribution in [-0.2, 0) is 5.75 Å². The Morgan fingerprint density at radius 1 is 1.42 bits per heavy atom. The van der Waals surface area contributed by atoms with Gasteiger partial charge in [-0.15, -0.1) is 10.2 Å². The van der Waals surface area contributed by atoms with E-state index in [1.807, 2.05) is 6.07 Å². The molecule has 1 aliphatic rings. The summed E-state index contributed by atoms with van der Waals surface area (Å²) in [6, 6.07) is 6.72. The van der Waals surface area contributed by atoms with Gasteiger partial charge < -0.3 is 9.73 Å². The van der Waals surface area contributed by atoms with E-state index in [1.54, 1.807) is 6.07 Å². The average Bonchev–Trinajstić information content (AvgIpc) is 3.07. The smallest absolute Gasteiger partial charge is 0.276 e. The van der Waals surface area contributed by atoms with E-state index in [1.165, 1.54) is 23.9 Å². The summed E-state index contributed by atoms with van der Waals surface area (Å²) >= 11 is 1.43. The van der Waals surface area contributed by atoms with Gasteiger partial charge >= 0.3 is 0 Å². The van der Waals surface area contributed by atoms with Crippen molar-refractivity contribution in [2.75, 3.05) is 6.54 Å². The lowest BCUT2D eigenvalue weighted by Gasteiger charge is -2.02. The van der Waals surface area contributed by atoms with Crippen LogP contribution in [-0.4, -0.2) is 16.7 Å². The van der Waals surface area contributed by atoms with Gasteiger partial charge in [-0.05, 0) is 37.1 Å². The highest BCUT2D eigenvalue weighted by atomic mass is 32.2. The predicted molar refractivity (Wildman–Crippen MR) is 70.2 cm³/mol. The van der Waals surface area contributed by atoms with Gasteiger partial charge in [0.2, 0.25) is 5.89 Å². The second kappa shape index (κ2) is 5.71. The van der Waals surface area contributed by atoms with Crippen LogP contribution in [0.4, 0.5) is 4.39 Å². The van der Waals surface area contributed by atoms with E-state index in [0.717, 1.165) is 24.9 Å². The Morgan fingerprint density at radius 2 is 2.37 bits per heavy atom. The highest BCUT2D eigenvalue weighted by Crippen LogP contribution is 2.26. The lowest BCUT2D eigenvalue weighted by atomic mass is 10.2. The molecule has 0 unspecified atom stereocenters. The molecular formula is C13H14FN3OS. The molecule has 0 amide bonds. The molecule has 100 valence electrons. The number of halogens is 1. The van der Waals surface area contributed by atoms with Crippen molar-refractivity contribution in [3.8, 4) is 0 Å². The fourth-order valence-corrected chi connectivity index (χ4v) is 2.80. The highest BCUT2D eigenvalue weighted by molar-refractivity contribution is 7.98. The fraction of sp³-hybridized carbons (Fsp3) is 0.385. The van der Waals surface area contributed by atoms with Gasteiger partial charge in [0.25, 0.3) is 5.22 Å². The molecule has 0 radical (unpaired) electrons. The van der Waals surface area contributed by atoms with Crippen LogP contribution in [0.2, 0.25) is 0 Å². The van der Waals surface area contributed by atoms with Gasteiger partial charge in [-0.2, -0.15) is 0 Å². The third-order valence-electron chi connectivity index (χ3n) is 3.03. The maximum absolute atomic E-state index is 13.0.